The van der Waals surface area contributed by atoms with E-state index in [-0.39, 0.29) is 11.5 Å². The molecule has 0 fully saturated rings. The fourth-order valence-corrected chi connectivity index (χ4v) is 2.85. The van der Waals surface area contributed by atoms with Crippen LogP contribution in [-0.2, 0) is 12.7 Å². The zero-order valence-corrected chi connectivity index (χ0v) is 15.1. The molecule has 4 aromatic rings. The van der Waals surface area contributed by atoms with Crippen molar-refractivity contribution in [3.63, 3.8) is 0 Å². The Hall–Kier alpha value is -3.43. The van der Waals surface area contributed by atoms with Crippen LogP contribution in [0, 0.1) is 0 Å². The molecule has 0 saturated carbocycles. The Bertz CT molecular complexity index is 1150. The zero-order valence-electron chi connectivity index (χ0n) is 15.1. The molecule has 1 N–H and O–H groups in total. The Morgan fingerprint density at radius 3 is 2.61 bits per heavy atom. The maximum absolute atomic E-state index is 13.0. The van der Waals surface area contributed by atoms with E-state index in [1.165, 1.54) is 6.07 Å². The van der Waals surface area contributed by atoms with E-state index < -0.39 is 12.0 Å². The number of nitrogens with zero attached hydrogens (tertiary/aromatic N) is 6. The highest BCUT2D eigenvalue weighted by atomic mass is 19.4. The Morgan fingerprint density at radius 1 is 1.07 bits per heavy atom. The number of hydrogen-bond donors (Lipinski definition) is 1. The van der Waals surface area contributed by atoms with Crippen molar-refractivity contribution in [2.75, 3.05) is 24.3 Å². The maximum atomic E-state index is 13.0. The minimum Gasteiger partial charge on any atom is -0.365 e. The third kappa shape index (κ3) is 3.28. The summed E-state index contributed by atoms with van der Waals surface area (Å²) < 4.78 is 39.8. The Labute approximate surface area is 157 Å². The highest BCUT2D eigenvalue weighted by molar-refractivity contribution is 5.84. The van der Waals surface area contributed by atoms with Crippen LogP contribution in [-0.4, -0.2) is 38.9 Å². The summed E-state index contributed by atoms with van der Waals surface area (Å²) in [5.41, 5.74) is 1.82. The largest absolute Gasteiger partial charge is 0.453 e. The summed E-state index contributed by atoms with van der Waals surface area (Å²) in [7, 11) is 3.79. The van der Waals surface area contributed by atoms with Gasteiger partial charge in [-0.1, -0.05) is 18.2 Å². The number of hydrogen-bond acceptors (Lipinski definition) is 6. The fraction of sp³-hybridized carbons (Fsp3) is 0.222. The summed E-state index contributed by atoms with van der Waals surface area (Å²) in [6.07, 6.45) is -4.63. The molecule has 0 spiro atoms. The molecule has 0 aliphatic heterocycles. The van der Waals surface area contributed by atoms with E-state index in [2.05, 4.69) is 25.6 Å². The van der Waals surface area contributed by atoms with E-state index in [4.69, 9.17) is 0 Å². The lowest BCUT2D eigenvalue weighted by Crippen LogP contribution is -2.14. The monoisotopic (exact) mass is 387 g/mol. The van der Waals surface area contributed by atoms with Crippen LogP contribution in [0.4, 0.5) is 24.8 Å². The van der Waals surface area contributed by atoms with Crippen molar-refractivity contribution in [2.24, 2.45) is 0 Å². The van der Waals surface area contributed by atoms with Crippen molar-refractivity contribution >= 4 is 28.2 Å². The predicted molar refractivity (Wildman–Crippen MR) is 99.2 cm³/mol. The standard InChI is InChI=1S/C18H16F3N7/c1-27(2)16-9-11(12-5-3-4-6-13(12)23-16)10-22-14-7-8-15-24-25-17(18(19,20)21)28(15)26-14/h3-9H,10H2,1-2H3,(H,22,26). The van der Waals surface area contributed by atoms with Crippen LogP contribution in [0.1, 0.15) is 11.4 Å². The van der Waals surface area contributed by atoms with E-state index in [0.29, 0.717) is 11.1 Å². The number of nitrogens with one attached hydrogen (secondary N) is 1. The van der Waals surface area contributed by atoms with Gasteiger partial charge >= 0.3 is 6.18 Å². The van der Waals surface area contributed by atoms with Crippen LogP contribution in [0.5, 0.6) is 0 Å². The van der Waals surface area contributed by atoms with Crippen molar-refractivity contribution in [2.45, 2.75) is 12.7 Å². The molecule has 0 aliphatic carbocycles. The second-order valence-electron chi connectivity index (χ2n) is 6.41. The zero-order chi connectivity index (χ0) is 19.9. The first-order valence-electron chi connectivity index (χ1n) is 8.42. The number of para-hydroxylation sites is 1. The van der Waals surface area contributed by atoms with Gasteiger partial charge in [-0.25, -0.2) is 4.98 Å². The van der Waals surface area contributed by atoms with Crippen molar-refractivity contribution in [1.29, 1.82) is 0 Å². The summed E-state index contributed by atoms with van der Waals surface area (Å²) in [5, 5.41) is 14.7. The molecule has 10 heteroatoms. The number of fused-ring (bicyclic) bond motifs is 2. The van der Waals surface area contributed by atoms with E-state index in [9.17, 15) is 13.2 Å². The molecule has 0 saturated heterocycles. The molecule has 0 unspecified atom stereocenters. The summed E-state index contributed by atoms with van der Waals surface area (Å²) in [6, 6.07) is 12.6. The van der Waals surface area contributed by atoms with E-state index in [0.717, 1.165) is 22.3 Å². The number of anilines is 2. The average Bonchev–Trinajstić information content (AvgIpc) is 3.09. The fourth-order valence-electron chi connectivity index (χ4n) is 2.85. The molecule has 144 valence electrons. The van der Waals surface area contributed by atoms with Crippen LogP contribution >= 0.6 is 0 Å². The molecular formula is C18H16F3N7. The van der Waals surface area contributed by atoms with Crippen LogP contribution < -0.4 is 10.2 Å². The minimum absolute atomic E-state index is 0.0297. The lowest BCUT2D eigenvalue weighted by molar-refractivity contribution is -0.146. The smallest absolute Gasteiger partial charge is 0.365 e. The first-order chi connectivity index (χ1) is 13.3. The van der Waals surface area contributed by atoms with Gasteiger partial charge in [-0.15, -0.1) is 15.3 Å². The molecular weight excluding hydrogens is 371 g/mol. The van der Waals surface area contributed by atoms with Gasteiger partial charge in [-0.2, -0.15) is 17.7 Å². The summed E-state index contributed by atoms with van der Waals surface area (Å²) in [6.45, 7) is 0.367. The average molecular weight is 387 g/mol. The lowest BCUT2D eigenvalue weighted by Gasteiger charge is -2.15. The van der Waals surface area contributed by atoms with Crippen LogP contribution in [0.15, 0.2) is 42.5 Å². The van der Waals surface area contributed by atoms with E-state index >= 15 is 0 Å². The van der Waals surface area contributed by atoms with Gasteiger partial charge in [0.05, 0.1) is 5.52 Å². The van der Waals surface area contributed by atoms with E-state index in [1.807, 2.05) is 49.3 Å². The summed E-state index contributed by atoms with van der Waals surface area (Å²) in [5.74, 6) is -0.0856. The van der Waals surface area contributed by atoms with Crippen LogP contribution in [0.25, 0.3) is 16.6 Å². The second-order valence-corrected chi connectivity index (χ2v) is 6.41. The first kappa shape index (κ1) is 18.0. The number of benzene rings is 1. The minimum atomic E-state index is -4.63. The van der Waals surface area contributed by atoms with Gasteiger partial charge in [0, 0.05) is 26.0 Å². The second kappa shape index (κ2) is 6.63. The lowest BCUT2D eigenvalue weighted by atomic mass is 10.1. The van der Waals surface area contributed by atoms with Gasteiger partial charge in [-0.05, 0) is 29.8 Å². The molecule has 0 bridgehead atoms. The highest BCUT2D eigenvalue weighted by Crippen LogP contribution is 2.28. The number of aromatic nitrogens is 5. The van der Waals surface area contributed by atoms with Gasteiger partial charge in [0.1, 0.15) is 11.6 Å². The molecule has 0 atom stereocenters. The Kier molecular flexibility index (Phi) is 4.25. The molecule has 3 heterocycles. The first-order valence-corrected chi connectivity index (χ1v) is 8.42. The predicted octanol–water partition coefficient (Wildman–Crippen LogP) is 3.37. The van der Waals surface area contributed by atoms with Gasteiger partial charge in [0.2, 0.25) is 0 Å². The van der Waals surface area contributed by atoms with Gasteiger partial charge in [0.25, 0.3) is 5.82 Å². The quantitative estimate of drug-likeness (QED) is 0.579. The summed E-state index contributed by atoms with van der Waals surface area (Å²) >= 11 is 0. The normalized spacial score (nSPS) is 11.9. The number of rotatable bonds is 4. The van der Waals surface area contributed by atoms with Crippen molar-refractivity contribution < 1.29 is 13.2 Å². The van der Waals surface area contributed by atoms with Crippen molar-refractivity contribution in [1.82, 2.24) is 24.8 Å². The number of alkyl halides is 3. The molecule has 28 heavy (non-hydrogen) atoms. The van der Waals surface area contributed by atoms with Gasteiger partial charge in [0.15, 0.2) is 5.65 Å². The molecule has 4 rings (SSSR count). The molecule has 7 nitrogen and oxygen atoms in total. The topological polar surface area (TPSA) is 71.2 Å². The van der Waals surface area contributed by atoms with Crippen molar-refractivity contribution in [3.8, 4) is 0 Å². The molecule has 0 radical (unpaired) electrons. The SMILES string of the molecule is CN(C)c1cc(CNc2ccc3nnc(C(F)(F)F)n3n2)c2ccccc2n1. The van der Waals surface area contributed by atoms with Gasteiger partial charge in [-0.3, -0.25) is 0 Å². The Morgan fingerprint density at radius 2 is 1.86 bits per heavy atom. The van der Waals surface area contributed by atoms with Gasteiger partial charge < -0.3 is 10.2 Å². The van der Waals surface area contributed by atoms with Crippen molar-refractivity contribution in [3.05, 3.63) is 53.9 Å². The highest BCUT2D eigenvalue weighted by Gasteiger charge is 2.37. The molecule has 0 aliphatic rings. The summed E-state index contributed by atoms with van der Waals surface area (Å²) in [4.78, 5) is 6.50. The number of pyridine rings is 1. The third-order valence-corrected chi connectivity index (χ3v) is 4.22. The van der Waals surface area contributed by atoms with Crippen LogP contribution in [0.3, 0.4) is 0 Å². The molecule has 1 aromatic carbocycles. The van der Waals surface area contributed by atoms with E-state index in [1.54, 1.807) is 6.07 Å². The Balaban J connectivity index is 1.68. The van der Waals surface area contributed by atoms with Crippen LogP contribution in [0.2, 0.25) is 0 Å². The maximum Gasteiger partial charge on any atom is 0.453 e. The third-order valence-electron chi connectivity index (χ3n) is 4.22. The molecule has 3 aromatic heterocycles. The molecule has 0 amide bonds. The number of halogens is 3.